The molecule has 0 unspecified atom stereocenters. The van der Waals surface area contributed by atoms with Crippen molar-refractivity contribution in [3.05, 3.63) is 17.2 Å². The van der Waals surface area contributed by atoms with Gasteiger partial charge in [-0.2, -0.15) is 5.26 Å². The first-order valence-electron chi connectivity index (χ1n) is 6.39. The average molecular weight is 215 g/mol. The second-order valence-electron chi connectivity index (χ2n) is 4.96. The van der Waals surface area contributed by atoms with E-state index in [2.05, 4.69) is 10.6 Å². The molecule has 3 rings (SSSR count). The smallest absolute Gasteiger partial charge is 0.143 e. The third-order valence-corrected chi connectivity index (χ3v) is 3.95. The van der Waals surface area contributed by atoms with Crippen molar-refractivity contribution in [2.24, 2.45) is 0 Å². The molecular weight excluding hydrogens is 198 g/mol. The van der Waals surface area contributed by atoms with Crippen LogP contribution in [0.25, 0.3) is 0 Å². The molecule has 16 heavy (non-hydrogen) atoms. The Balaban J connectivity index is 2.04. The van der Waals surface area contributed by atoms with Crippen molar-refractivity contribution in [3.63, 3.8) is 0 Å². The minimum atomic E-state index is 0.563. The Bertz CT molecular complexity index is 433. The summed E-state index contributed by atoms with van der Waals surface area (Å²) in [7, 11) is 0. The van der Waals surface area contributed by atoms with E-state index in [0.717, 1.165) is 30.2 Å². The summed E-state index contributed by atoms with van der Waals surface area (Å²) in [5, 5.41) is 9.31. The molecule has 3 heteroatoms. The number of nitriles is 1. The van der Waals surface area contributed by atoms with Crippen LogP contribution in [0.15, 0.2) is 0 Å². The highest BCUT2D eigenvalue weighted by Gasteiger charge is 2.27. The number of aryl methyl sites for hydroxylation is 1. The van der Waals surface area contributed by atoms with Gasteiger partial charge in [-0.3, -0.25) is 0 Å². The molecule has 0 saturated heterocycles. The summed E-state index contributed by atoms with van der Waals surface area (Å²) in [6.07, 6.45) is 8.54. The SMILES string of the molecule is N#Cc1c(C2CCCC2)nc2n1CCCC2. The zero-order valence-corrected chi connectivity index (χ0v) is 9.58. The molecule has 1 aliphatic carbocycles. The third kappa shape index (κ3) is 1.44. The lowest BCUT2D eigenvalue weighted by Crippen LogP contribution is -2.11. The van der Waals surface area contributed by atoms with Crippen LogP contribution < -0.4 is 0 Å². The van der Waals surface area contributed by atoms with E-state index in [4.69, 9.17) is 4.98 Å². The standard InChI is InChI=1S/C13H17N3/c14-9-11-13(10-5-1-2-6-10)15-12-7-3-4-8-16(11)12/h10H,1-8H2. The highest BCUT2D eigenvalue weighted by Crippen LogP contribution is 2.36. The quantitative estimate of drug-likeness (QED) is 0.722. The molecular formula is C13H17N3. The normalized spacial score (nSPS) is 20.7. The van der Waals surface area contributed by atoms with Crippen molar-refractivity contribution >= 4 is 0 Å². The van der Waals surface area contributed by atoms with Gasteiger partial charge in [-0.25, -0.2) is 4.98 Å². The molecule has 84 valence electrons. The highest BCUT2D eigenvalue weighted by atomic mass is 15.1. The Morgan fingerprint density at radius 2 is 2.00 bits per heavy atom. The Morgan fingerprint density at radius 3 is 2.75 bits per heavy atom. The molecule has 1 saturated carbocycles. The van der Waals surface area contributed by atoms with E-state index in [1.54, 1.807) is 0 Å². The average Bonchev–Trinajstić information content (AvgIpc) is 2.95. The summed E-state index contributed by atoms with van der Waals surface area (Å²) in [6, 6.07) is 2.38. The molecule has 0 amide bonds. The molecule has 2 aliphatic rings. The molecule has 0 aromatic carbocycles. The molecule has 2 heterocycles. The predicted octanol–water partition coefficient (Wildman–Crippen LogP) is 2.75. The number of imidazole rings is 1. The van der Waals surface area contributed by atoms with Crippen LogP contribution in [0, 0.1) is 11.3 Å². The summed E-state index contributed by atoms with van der Waals surface area (Å²) in [4.78, 5) is 4.74. The van der Waals surface area contributed by atoms with Gasteiger partial charge < -0.3 is 4.57 Å². The molecule has 0 radical (unpaired) electrons. The monoisotopic (exact) mass is 215 g/mol. The van der Waals surface area contributed by atoms with Gasteiger partial charge in [0, 0.05) is 18.9 Å². The Labute approximate surface area is 96.1 Å². The maximum Gasteiger partial charge on any atom is 0.143 e. The van der Waals surface area contributed by atoms with Crippen LogP contribution in [0.1, 0.15) is 61.7 Å². The largest absolute Gasteiger partial charge is 0.320 e. The molecule has 1 aromatic heterocycles. The zero-order chi connectivity index (χ0) is 11.0. The van der Waals surface area contributed by atoms with E-state index >= 15 is 0 Å². The first-order valence-corrected chi connectivity index (χ1v) is 6.39. The van der Waals surface area contributed by atoms with Crippen LogP contribution in [-0.4, -0.2) is 9.55 Å². The van der Waals surface area contributed by atoms with E-state index in [1.807, 2.05) is 0 Å². The fraction of sp³-hybridized carbons (Fsp3) is 0.692. The Kier molecular flexibility index (Phi) is 2.43. The maximum atomic E-state index is 9.31. The van der Waals surface area contributed by atoms with E-state index in [1.165, 1.54) is 38.5 Å². The topological polar surface area (TPSA) is 41.6 Å². The molecule has 0 N–H and O–H groups in total. The number of aromatic nitrogens is 2. The van der Waals surface area contributed by atoms with Crippen molar-refractivity contribution in [1.82, 2.24) is 9.55 Å². The second kappa shape index (κ2) is 3.93. The number of fused-ring (bicyclic) bond motifs is 1. The Morgan fingerprint density at radius 1 is 1.19 bits per heavy atom. The van der Waals surface area contributed by atoms with Crippen molar-refractivity contribution in [2.45, 2.75) is 57.4 Å². The molecule has 1 aliphatic heterocycles. The fourth-order valence-corrected chi connectivity index (χ4v) is 3.11. The minimum absolute atomic E-state index is 0.563. The van der Waals surface area contributed by atoms with Crippen molar-refractivity contribution in [1.29, 1.82) is 5.26 Å². The lowest BCUT2D eigenvalue weighted by molar-refractivity contribution is 0.519. The summed E-state index contributed by atoms with van der Waals surface area (Å²) < 4.78 is 2.16. The second-order valence-corrected chi connectivity index (χ2v) is 4.96. The van der Waals surface area contributed by atoms with E-state index in [-0.39, 0.29) is 0 Å². The van der Waals surface area contributed by atoms with Crippen LogP contribution in [0.2, 0.25) is 0 Å². The van der Waals surface area contributed by atoms with Gasteiger partial charge in [0.2, 0.25) is 0 Å². The van der Waals surface area contributed by atoms with Crippen molar-refractivity contribution in [3.8, 4) is 6.07 Å². The fourth-order valence-electron chi connectivity index (χ4n) is 3.11. The van der Waals surface area contributed by atoms with Gasteiger partial charge in [-0.05, 0) is 25.7 Å². The van der Waals surface area contributed by atoms with Crippen molar-refractivity contribution in [2.75, 3.05) is 0 Å². The van der Waals surface area contributed by atoms with Gasteiger partial charge >= 0.3 is 0 Å². The van der Waals surface area contributed by atoms with Gasteiger partial charge in [0.15, 0.2) is 0 Å². The van der Waals surface area contributed by atoms with Crippen LogP contribution in [0.4, 0.5) is 0 Å². The van der Waals surface area contributed by atoms with Crippen LogP contribution in [0.5, 0.6) is 0 Å². The minimum Gasteiger partial charge on any atom is -0.320 e. The summed E-state index contributed by atoms with van der Waals surface area (Å²) in [6.45, 7) is 0.998. The van der Waals surface area contributed by atoms with Gasteiger partial charge in [0.1, 0.15) is 17.6 Å². The highest BCUT2D eigenvalue weighted by molar-refractivity contribution is 5.33. The molecule has 0 bridgehead atoms. The summed E-state index contributed by atoms with van der Waals surface area (Å²) in [5.74, 6) is 1.72. The van der Waals surface area contributed by atoms with Gasteiger partial charge in [-0.15, -0.1) is 0 Å². The number of hydrogen-bond donors (Lipinski definition) is 0. The van der Waals surface area contributed by atoms with Gasteiger partial charge in [0.25, 0.3) is 0 Å². The van der Waals surface area contributed by atoms with Gasteiger partial charge in [-0.1, -0.05) is 12.8 Å². The molecule has 0 atom stereocenters. The molecule has 1 fully saturated rings. The van der Waals surface area contributed by atoms with Crippen LogP contribution >= 0.6 is 0 Å². The first kappa shape index (κ1) is 9.89. The maximum absolute atomic E-state index is 9.31. The van der Waals surface area contributed by atoms with E-state index in [9.17, 15) is 5.26 Å². The number of nitrogens with zero attached hydrogens (tertiary/aromatic N) is 3. The first-order chi connectivity index (χ1) is 7.90. The van der Waals surface area contributed by atoms with Gasteiger partial charge in [0.05, 0.1) is 5.69 Å². The molecule has 3 nitrogen and oxygen atoms in total. The van der Waals surface area contributed by atoms with Crippen LogP contribution in [-0.2, 0) is 13.0 Å². The van der Waals surface area contributed by atoms with E-state index < -0.39 is 0 Å². The summed E-state index contributed by atoms with van der Waals surface area (Å²) >= 11 is 0. The predicted molar refractivity (Wildman–Crippen MR) is 61.1 cm³/mol. The molecule has 1 aromatic rings. The lowest BCUT2D eigenvalue weighted by Gasteiger charge is -2.13. The van der Waals surface area contributed by atoms with Crippen LogP contribution in [0.3, 0.4) is 0 Å². The number of rotatable bonds is 1. The Hall–Kier alpha value is -1.30. The molecule has 0 spiro atoms. The summed E-state index contributed by atoms with van der Waals surface area (Å²) in [5.41, 5.74) is 1.97. The zero-order valence-electron chi connectivity index (χ0n) is 9.58. The number of hydrogen-bond acceptors (Lipinski definition) is 2. The lowest BCUT2D eigenvalue weighted by atomic mass is 10.0. The third-order valence-electron chi connectivity index (χ3n) is 3.95. The van der Waals surface area contributed by atoms with E-state index in [0.29, 0.717) is 5.92 Å². The van der Waals surface area contributed by atoms with Crippen molar-refractivity contribution < 1.29 is 0 Å².